The molecule has 0 aliphatic carbocycles. The molecule has 0 unspecified atom stereocenters. The van der Waals surface area contributed by atoms with Crippen LogP contribution in [-0.4, -0.2) is 30.9 Å². The smallest absolute Gasteiger partial charge is 0.151 e. The maximum Gasteiger partial charge on any atom is 0.151 e. The van der Waals surface area contributed by atoms with Crippen LogP contribution < -0.4 is 0 Å². The van der Waals surface area contributed by atoms with Gasteiger partial charge in [-0.3, -0.25) is 0 Å². The highest BCUT2D eigenvalue weighted by molar-refractivity contribution is 8.01. The lowest BCUT2D eigenvalue weighted by atomic mass is 10.1. The largest absolute Gasteiger partial charge is 0.229 e. The number of rotatable bonds is 8. The first-order valence-electron chi connectivity index (χ1n) is 6.46. The zero-order valence-electron chi connectivity index (χ0n) is 10.3. The number of hydrogen-bond donors (Lipinski definition) is 0. The highest BCUT2D eigenvalue weighted by Crippen LogP contribution is 2.25. The van der Waals surface area contributed by atoms with Gasteiger partial charge in [-0.1, -0.05) is 39.0 Å². The monoisotopic (exact) mass is 264 g/mol. The third kappa shape index (κ3) is 6.14. The molecular formula is C12H24O2S2. The van der Waals surface area contributed by atoms with Gasteiger partial charge in [0.2, 0.25) is 0 Å². The normalized spacial score (nSPS) is 23.7. The quantitative estimate of drug-likeness (QED) is 0.631. The molecule has 4 heteroatoms. The molecule has 1 fully saturated rings. The fourth-order valence-electron chi connectivity index (χ4n) is 2.02. The molecular weight excluding hydrogens is 240 g/mol. The van der Waals surface area contributed by atoms with Crippen LogP contribution in [0, 0.1) is 0 Å². The number of sulfone groups is 1. The van der Waals surface area contributed by atoms with Crippen LogP contribution in [0.5, 0.6) is 0 Å². The van der Waals surface area contributed by atoms with E-state index in [9.17, 15) is 8.42 Å². The lowest BCUT2D eigenvalue weighted by Gasteiger charge is -2.06. The summed E-state index contributed by atoms with van der Waals surface area (Å²) in [5.74, 6) is 1.99. The van der Waals surface area contributed by atoms with Gasteiger partial charge < -0.3 is 0 Å². The summed E-state index contributed by atoms with van der Waals surface area (Å²) in [5.41, 5.74) is 0. The minimum atomic E-state index is -2.67. The number of unbranched alkanes of at least 4 members (excludes halogenated alkanes) is 5. The van der Waals surface area contributed by atoms with Crippen molar-refractivity contribution in [2.45, 2.75) is 57.1 Å². The van der Waals surface area contributed by atoms with E-state index in [0.717, 1.165) is 12.2 Å². The first kappa shape index (κ1) is 14.4. The van der Waals surface area contributed by atoms with Crippen molar-refractivity contribution < 1.29 is 8.42 Å². The van der Waals surface area contributed by atoms with E-state index in [0.29, 0.717) is 16.8 Å². The topological polar surface area (TPSA) is 34.1 Å². The molecule has 2 nitrogen and oxygen atoms in total. The predicted molar refractivity (Wildman–Crippen MR) is 72.9 cm³/mol. The van der Waals surface area contributed by atoms with Crippen molar-refractivity contribution in [3.8, 4) is 0 Å². The summed E-state index contributed by atoms with van der Waals surface area (Å²) in [5, 5.41) is 0.389. The number of hydrogen-bond acceptors (Lipinski definition) is 3. The maximum absolute atomic E-state index is 11.2. The van der Waals surface area contributed by atoms with Crippen molar-refractivity contribution in [1.82, 2.24) is 0 Å². The summed E-state index contributed by atoms with van der Waals surface area (Å²) in [6, 6.07) is 0. The summed E-state index contributed by atoms with van der Waals surface area (Å²) < 4.78 is 22.5. The SMILES string of the molecule is CCCCCCCCS[C@@H]1CCS(=O)(=O)C1. The molecule has 1 aliphatic rings. The molecule has 1 atom stereocenters. The van der Waals surface area contributed by atoms with Gasteiger partial charge >= 0.3 is 0 Å². The Labute approximate surface area is 104 Å². The molecule has 0 spiro atoms. The van der Waals surface area contributed by atoms with Crippen molar-refractivity contribution in [1.29, 1.82) is 0 Å². The van der Waals surface area contributed by atoms with Crippen LogP contribution in [0.1, 0.15) is 51.9 Å². The lowest BCUT2D eigenvalue weighted by Crippen LogP contribution is -2.06. The van der Waals surface area contributed by atoms with Gasteiger partial charge in [-0.05, 0) is 18.6 Å². The third-order valence-electron chi connectivity index (χ3n) is 3.04. The van der Waals surface area contributed by atoms with E-state index in [1.165, 1.54) is 38.5 Å². The Morgan fingerprint density at radius 3 is 2.44 bits per heavy atom. The summed E-state index contributed by atoms with van der Waals surface area (Å²) in [6.07, 6.45) is 8.80. The van der Waals surface area contributed by atoms with Crippen molar-refractivity contribution >= 4 is 21.6 Å². The third-order valence-corrected chi connectivity index (χ3v) is 6.42. The second kappa shape index (κ2) is 7.59. The predicted octanol–water partition coefficient (Wildman–Crippen LogP) is 3.27. The van der Waals surface area contributed by atoms with Gasteiger partial charge in [0.15, 0.2) is 9.84 Å². The Kier molecular flexibility index (Phi) is 6.81. The molecule has 1 heterocycles. The molecule has 16 heavy (non-hydrogen) atoms. The first-order valence-corrected chi connectivity index (χ1v) is 9.33. The van der Waals surface area contributed by atoms with Crippen molar-refractivity contribution in [3.63, 3.8) is 0 Å². The van der Waals surface area contributed by atoms with E-state index in [-0.39, 0.29) is 0 Å². The highest BCUT2D eigenvalue weighted by Gasteiger charge is 2.27. The Bertz CT molecular complexity index is 273. The molecule has 0 amide bonds. The molecule has 1 saturated heterocycles. The van der Waals surface area contributed by atoms with E-state index in [2.05, 4.69) is 6.92 Å². The van der Waals surface area contributed by atoms with Gasteiger partial charge in [0.1, 0.15) is 0 Å². The minimum Gasteiger partial charge on any atom is -0.229 e. The average Bonchev–Trinajstić information content (AvgIpc) is 2.57. The molecule has 0 bridgehead atoms. The van der Waals surface area contributed by atoms with Crippen molar-refractivity contribution in [2.75, 3.05) is 17.3 Å². The highest BCUT2D eigenvalue weighted by atomic mass is 32.2. The molecule has 0 N–H and O–H groups in total. The molecule has 96 valence electrons. The fraction of sp³-hybridized carbons (Fsp3) is 1.00. The van der Waals surface area contributed by atoms with E-state index in [4.69, 9.17) is 0 Å². The Balaban J connectivity index is 1.92. The van der Waals surface area contributed by atoms with E-state index >= 15 is 0 Å². The zero-order chi connectivity index (χ0) is 11.9. The molecule has 1 aliphatic heterocycles. The van der Waals surface area contributed by atoms with E-state index in [1.54, 1.807) is 0 Å². The second-order valence-corrected chi connectivity index (χ2v) is 8.30. The summed E-state index contributed by atoms with van der Waals surface area (Å²) >= 11 is 1.87. The Morgan fingerprint density at radius 2 is 1.81 bits per heavy atom. The average molecular weight is 264 g/mol. The molecule has 0 saturated carbocycles. The van der Waals surface area contributed by atoms with Crippen molar-refractivity contribution in [2.24, 2.45) is 0 Å². The van der Waals surface area contributed by atoms with Crippen LogP contribution in [0.2, 0.25) is 0 Å². The fourth-order valence-corrected chi connectivity index (χ4v) is 5.71. The van der Waals surface area contributed by atoms with Gasteiger partial charge in [0.05, 0.1) is 11.5 Å². The first-order chi connectivity index (χ1) is 7.64. The van der Waals surface area contributed by atoms with Gasteiger partial charge in [0, 0.05) is 5.25 Å². The molecule has 0 aromatic rings. The zero-order valence-corrected chi connectivity index (χ0v) is 11.9. The van der Waals surface area contributed by atoms with Crippen LogP contribution >= 0.6 is 11.8 Å². The van der Waals surface area contributed by atoms with Crippen LogP contribution in [-0.2, 0) is 9.84 Å². The van der Waals surface area contributed by atoms with Gasteiger partial charge in [0.25, 0.3) is 0 Å². The van der Waals surface area contributed by atoms with Gasteiger partial charge in [-0.25, -0.2) is 8.42 Å². The van der Waals surface area contributed by atoms with Crippen molar-refractivity contribution in [3.05, 3.63) is 0 Å². The van der Waals surface area contributed by atoms with Gasteiger partial charge in [-0.2, -0.15) is 11.8 Å². The Hall–Kier alpha value is 0.300. The van der Waals surface area contributed by atoms with Gasteiger partial charge in [-0.15, -0.1) is 0 Å². The Morgan fingerprint density at radius 1 is 1.12 bits per heavy atom. The van der Waals surface area contributed by atoms with E-state index < -0.39 is 9.84 Å². The molecule has 0 aromatic heterocycles. The second-order valence-electron chi connectivity index (χ2n) is 4.66. The van der Waals surface area contributed by atoms with Crippen LogP contribution in [0.25, 0.3) is 0 Å². The standard InChI is InChI=1S/C12H24O2S2/c1-2-3-4-5-6-7-9-15-12-8-10-16(13,14)11-12/h12H,2-11H2,1H3/t12-/m1/s1. The lowest BCUT2D eigenvalue weighted by molar-refractivity contribution is 0.602. The number of thioether (sulfide) groups is 1. The minimum absolute atomic E-state index is 0.389. The summed E-state index contributed by atoms with van der Waals surface area (Å²) in [7, 11) is -2.67. The summed E-state index contributed by atoms with van der Waals surface area (Å²) in [4.78, 5) is 0. The van der Waals surface area contributed by atoms with Crippen LogP contribution in [0.3, 0.4) is 0 Å². The van der Waals surface area contributed by atoms with E-state index in [1.807, 2.05) is 11.8 Å². The summed E-state index contributed by atoms with van der Waals surface area (Å²) in [6.45, 7) is 2.23. The molecule has 0 aromatic carbocycles. The molecule has 0 radical (unpaired) electrons. The van der Waals surface area contributed by atoms with Crippen LogP contribution in [0.4, 0.5) is 0 Å². The molecule has 1 rings (SSSR count). The maximum atomic E-state index is 11.2. The van der Waals surface area contributed by atoms with Crippen LogP contribution in [0.15, 0.2) is 0 Å².